The van der Waals surface area contributed by atoms with Gasteiger partial charge in [0.1, 0.15) is 5.75 Å². The molecule has 148 valence electrons. The fraction of sp³-hybridized carbons (Fsp3) is 0.333. The van der Waals surface area contributed by atoms with E-state index < -0.39 is 12.1 Å². The Morgan fingerprint density at radius 2 is 1.82 bits per heavy atom. The number of carbonyl (C=O) groups excluding carboxylic acids is 2. The number of anilines is 1. The summed E-state index contributed by atoms with van der Waals surface area (Å²) >= 11 is 0. The Morgan fingerprint density at radius 3 is 2.50 bits per heavy atom. The molecule has 0 bridgehead atoms. The molecule has 3 N–H and O–H groups in total. The van der Waals surface area contributed by atoms with Crippen LogP contribution in [0.4, 0.5) is 10.5 Å². The van der Waals surface area contributed by atoms with Crippen molar-refractivity contribution in [3.63, 3.8) is 0 Å². The normalized spacial score (nSPS) is 19.4. The van der Waals surface area contributed by atoms with E-state index in [2.05, 4.69) is 10.6 Å². The van der Waals surface area contributed by atoms with Gasteiger partial charge in [-0.2, -0.15) is 0 Å². The number of nitrogens with one attached hydrogen (secondary N) is 2. The van der Waals surface area contributed by atoms with Crippen molar-refractivity contribution in [3.8, 4) is 5.75 Å². The third-order valence-electron chi connectivity index (χ3n) is 4.79. The molecule has 0 spiro atoms. The molecule has 1 saturated heterocycles. The highest BCUT2D eigenvalue weighted by Crippen LogP contribution is 2.16. The first-order valence-electron chi connectivity index (χ1n) is 9.31. The third-order valence-corrected chi connectivity index (χ3v) is 4.79. The number of methoxy groups -OCH3 is 1. The van der Waals surface area contributed by atoms with Gasteiger partial charge in [-0.05, 0) is 49.2 Å². The number of aliphatic hydroxyl groups excluding tert-OH is 1. The molecule has 1 heterocycles. The molecule has 7 heteroatoms. The number of para-hydroxylation sites is 1. The van der Waals surface area contributed by atoms with Gasteiger partial charge >= 0.3 is 6.03 Å². The number of ether oxygens (including phenoxy) is 1. The lowest BCUT2D eigenvalue weighted by atomic mass is 10.1. The van der Waals surface area contributed by atoms with Crippen molar-refractivity contribution in [1.82, 2.24) is 10.2 Å². The summed E-state index contributed by atoms with van der Waals surface area (Å²) in [6, 6.07) is 15.1. The zero-order valence-electron chi connectivity index (χ0n) is 15.8. The quantitative estimate of drug-likeness (QED) is 0.757. The molecule has 2 atom stereocenters. The van der Waals surface area contributed by atoms with E-state index in [1.807, 2.05) is 30.3 Å². The average Bonchev–Trinajstić information content (AvgIpc) is 2.90. The van der Waals surface area contributed by atoms with Crippen LogP contribution in [-0.2, 0) is 0 Å². The van der Waals surface area contributed by atoms with E-state index in [0.29, 0.717) is 36.4 Å². The minimum Gasteiger partial charge on any atom is -0.497 e. The molecule has 1 aliphatic rings. The predicted molar refractivity (Wildman–Crippen MR) is 107 cm³/mol. The molecule has 7 nitrogen and oxygen atoms in total. The zero-order valence-corrected chi connectivity index (χ0v) is 15.8. The Bertz CT molecular complexity index is 795. The summed E-state index contributed by atoms with van der Waals surface area (Å²) in [7, 11) is 1.56. The number of carbonyl (C=O) groups is 2. The average molecular weight is 383 g/mol. The number of urea groups is 1. The first kappa shape index (κ1) is 19.7. The van der Waals surface area contributed by atoms with Gasteiger partial charge in [0.15, 0.2) is 0 Å². The van der Waals surface area contributed by atoms with Gasteiger partial charge < -0.3 is 25.4 Å². The van der Waals surface area contributed by atoms with Crippen LogP contribution in [0.3, 0.4) is 0 Å². The highest BCUT2D eigenvalue weighted by molar-refractivity contribution is 5.94. The van der Waals surface area contributed by atoms with Crippen molar-refractivity contribution in [2.75, 3.05) is 25.5 Å². The number of nitrogens with zero attached hydrogens (tertiary/aromatic N) is 1. The monoisotopic (exact) mass is 383 g/mol. The summed E-state index contributed by atoms with van der Waals surface area (Å²) < 4.78 is 5.10. The SMILES string of the molecule is COc1ccc(C(=O)N[C@H]2CN(C(=O)Nc3ccccc3)CCC[C@H]2O)cc1. The maximum atomic E-state index is 12.6. The number of rotatable bonds is 4. The number of hydrogen-bond donors (Lipinski definition) is 3. The predicted octanol–water partition coefficient (Wildman–Crippen LogP) is 2.48. The lowest BCUT2D eigenvalue weighted by Gasteiger charge is -2.27. The molecule has 2 aromatic rings. The van der Waals surface area contributed by atoms with Crippen LogP contribution in [-0.4, -0.2) is 54.3 Å². The highest BCUT2D eigenvalue weighted by Gasteiger charge is 2.29. The Hall–Kier alpha value is -3.06. The van der Waals surface area contributed by atoms with Crippen LogP contribution in [0, 0.1) is 0 Å². The van der Waals surface area contributed by atoms with Crippen molar-refractivity contribution < 1.29 is 19.4 Å². The van der Waals surface area contributed by atoms with Gasteiger partial charge in [0.05, 0.1) is 19.3 Å². The molecule has 28 heavy (non-hydrogen) atoms. The topological polar surface area (TPSA) is 90.9 Å². The largest absolute Gasteiger partial charge is 0.497 e. The summed E-state index contributed by atoms with van der Waals surface area (Å²) in [6.07, 6.45) is 0.470. The molecule has 0 radical (unpaired) electrons. The lowest BCUT2D eigenvalue weighted by molar-refractivity contribution is 0.0811. The van der Waals surface area contributed by atoms with Crippen LogP contribution in [0.1, 0.15) is 23.2 Å². The van der Waals surface area contributed by atoms with Gasteiger partial charge in [0, 0.05) is 24.3 Å². The summed E-state index contributed by atoms with van der Waals surface area (Å²) in [4.78, 5) is 26.8. The van der Waals surface area contributed by atoms with E-state index in [9.17, 15) is 14.7 Å². The van der Waals surface area contributed by atoms with Crippen molar-refractivity contribution in [2.45, 2.75) is 25.0 Å². The van der Waals surface area contributed by atoms with E-state index in [1.165, 1.54) is 0 Å². The van der Waals surface area contributed by atoms with Crippen LogP contribution >= 0.6 is 0 Å². The molecule has 3 amide bonds. The van der Waals surface area contributed by atoms with E-state index >= 15 is 0 Å². The Kier molecular flexibility index (Phi) is 6.49. The molecule has 0 saturated carbocycles. The molecule has 3 rings (SSSR count). The van der Waals surface area contributed by atoms with E-state index in [-0.39, 0.29) is 18.5 Å². The van der Waals surface area contributed by atoms with E-state index in [1.54, 1.807) is 36.3 Å². The number of benzene rings is 2. The van der Waals surface area contributed by atoms with Gasteiger partial charge in [0.25, 0.3) is 5.91 Å². The minimum absolute atomic E-state index is 0.238. The van der Waals surface area contributed by atoms with E-state index in [0.717, 1.165) is 0 Å². The highest BCUT2D eigenvalue weighted by atomic mass is 16.5. The molecular formula is C21H25N3O4. The fourth-order valence-electron chi connectivity index (χ4n) is 3.19. The maximum absolute atomic E-state index is 12.6. The molecule has 0 aliphatic carbocycles. The van der Waals surface area contributed by atoms with Gasteiger partial charge in [-0.3, -0.25) is 4.79 Å². The number of amides is 3. The van der Waals surface area contributed by atoms with Gasteiger partial charge in [0.2, 0.25) is 0 Å². The van der Waals surface area contributed by atoms with Gasteiger partial charge in [-0.25, -0.2) is 4.79 Å². The summed E-state index contributed by atoms with van der Waals surface area (Å²) in [5, 5.41) is 16.1. The van der Waals surface area contributed by atoms with Crippen molar-refractivity contribution in [1.29, 1.82) is 0 Å². The van der Waals surface area contributed by atoms with E-state index in [4.69, 9.17) is 4.74 Å². The molecular weight excluding hydrogens is 358 g/mol. The summed E-state index contributed by atoms with van der Waals surface area (Å²) in [5.41, 5.74) is 1.17. The molecule has 2 aromatic carbocycles. The zero-order chi connectivity index (χ0) is 19.9. The second kappa shape index (κ2) is 9.23. The van der Waals surface area contributed by atoms with Crippen molar-refractivity contribution >= 4 is 17.6 Å². The van der Waals surface area contributed by atoms with Crippen LogP contribution in [0.15, 0.2) is 54.6 Å². The van der Waals surface area contributed by atoms with Crippen LogP contribution in [0.25, 0.3) is 0 Å². The number of likely N-dealkylation sites (tertiary alicyclic amines) is 1. The lowest BCUT2D eigenvalue weighted by Crippen LogP contribution is -2.50. The van der Waals surface area contributed by atoms with Crippen LogP contribution in [0.5, 0.6) is 5.75 Å². The standard InChI is InChI=1S/C21H25N3O4/c1-28-17-11-9-15(10-12-17)20(26)23-18-14-24(13-5-8-19(18)25)21(27)22-16-6-3-2-4-7-16/h2-4,6-7,9-12,18-19,25H,5,8,13-14H2,1H3,(H,22,27)(H,23,26)/t18-,19+/m0/s1. The van der Waals surface area contributed by atoms with Crippen molar-refractivity contribution in [2.24, 2.45) is 0 Å². The first-order valence-corrected chi connectivity index (χ1v) is 9.31. The molecule has 1 aliphatic heterocycles. The maximum Gasteiger partial charge on any atom is 0.321 e. The second-order valence-corrected chi connectivity index (χ2v) is 6.76. The Labute approximate surface area is 164 Å². The number of hydrogen-bond acceptors (Lipinski definition) is 4. The Balaban J connectivity index is 1.65. The number of aliphatic hydroxyl groups is 1. The van der Waals surface area contributed by atoms with Gasteiger partial charge in [-0.15, -0.1) is 0 Å². The first-order chi connectivity index (χ1) is 13.6. The summed E-state index contributed by atoms with van der Waals surface area (Å²) in [5.74, 6) is 0.367. The smallest absolute Gasteiger partial charge is 0.321 e. The van der Waals surface area contributed by atoms with Crippen LogP contribution < -0.4 is 15.4 Å². The third kappa shape index (κ3) is 5.01. The molecule has 0 aromatic heterocycles. The van der Waals surface area contributed by atoms with Crippen LogP contribution in [0.2, 0.25) is 0 Å². The molecule has 0 unspecified atom stereocenters. The second-order valence-electron chi connectivity index (χ2n) is 6.76. The fourth-order valence-corrected chi connectivity index (χ4v) is 3.19. The summed E-state index contributed by atoms with van der Waals surface area (Å²) in [6.45, 7) is 0.756. The molecule has 1 fully saturated rings. The van der Waals surface area contributed by atoms with Crippen molar-refractivity contribution in [3.05, 3.63) is 60.2 Å². The van der Waals surface area contributed by atoms with Gasteiger partial charge in [-0.1, -0.05) is 18.2 Å². The minimum atomic E-state index is -0.711. The Morgan fingerprint density at radius 1 is 1.11 bits per heavy atom.